The Kier molecular flexibility index (Phi) is 9.18. The number of hydrogen-bond donors (Lipinski definition) is 1. The molecule has 0 fully saturated rings. The molecule has 1 rings (SSSR count). The van der Waals surface area contributed by atoms with Crippen LogP contribution in [-0.2, 0) is 16.0 Å². The number of rotatable bonds is 10. The molecule has 0 aliphatic carbocycles. The Labute approximate surface area is 128 Å². The van der Waals surface area contributed by atoms with Gasteiger partial charge in [-0.25, -0.2) is 0 Å². The van der Waals surface area contributed by atoms with E-state index in [4.69, 9.17) is 0 Å². The molecule has 0 saturated carbocycles. The SMILES string of the molecule is CCCCCCCCCC(=O)NC(=O)Cc1ccccc1. The largest absolute Gasteiger partial charge is 0.296 e. The fourth-order valence-corrected chi connectivity index (χ4v) is 2.29. The van der Waals surface area contributed by atoms with Crippen LogP contribution in [0.1, 0.15) is 63.9 Å². The zero-order valence-electron chi connectivity index (χ0n) is 13.1. The number of unbranched alkanes of at least 4 members (excludes halogenated alkanes) is 6. The quantitative estimate of drug-likeness (QED) is 0.661. The summed E-state index contributed by atoms with van der Waals surface area (Å²) in [4.78, 5) is 23.3. The Morgan fingerprint density at radius 1 is 0.857 bits per heavy atom. The lowest BCUT2D eigenvalue weighted by Gasteiger charge is -2.04. The number of amides is 2. The number of carbonyl (C=O) groups is 2. The lowest BCUT2D eigenvalue weighted by molar-refractivity contribution is -0.130. The standard InChI is InChI=1S/C18H27NO2/c1-2-3-4-5-6-7-11-14-17(20)19-18(21)15-16-12-9-8-10-13-16/h8-10,12-13H,2-7,11,14-15H2,1H3,(H,19,20,21). The van der Waals surface area contributed by atoms with Crippen molar-refractivity contribution in [2.45, 2.75) is 64.7 Å². The maximum atomic E-state index is 11.7. The Hall–Kier alpha value is -1.64. The summed E-state index contributed by atoms with van der Waals surface area (Å²) in [5, 5.41) is 2.46. The van der Waals surface area contributed by atoms with Crippen LogP contribution in [0.15, 0.2) is 30.3 Å². The fourth-order valence-electron chi connectivity index (χ4n) is 2.29. The number of benzene rings is 1. The van der Waals surface area contributed by atoms with Crippen molar-refractivity contribution in [3.05, 3.63) is 35.9 Å². The molecule has 0 bridgehead atoms. The highest BCUT2D eigenvalue weighted by atomic mass is 16.2. The maximum absolute atomic E-state index is 11.7. The molecule has 3 nitrogen and oxygen atoms in total. The Balaban J connectivity index is 2.06. The molecule has 21 heavy (non-hydrogen) atoms. The van der Waals surface area contributed by atoms with E-state index in [1.807, 2.05) is 30.3 Å². The van der Waals surface area contributed by atoms with Crippen LogP contribution < -0.4 is 5.32 Å². The minimum absolute atomic E-state index is 0.149. The first-order valence-corrected chi connectivity index (χ1v) is 8.09. The molecule has 0 atom stereocenters. The van der Waals surface area contributed by atoms with Gasteiger partial charge in [-0.2, -0.15) is 0 Å². The van der Waals surface area contributed by atoms with E-state index in [-0.39, 0.29) is 18.2 Å². The Morgan fingerprint density at radius 3 is 2.14 bits per heavy atom. The van der Waals surface area contributed by atoms with Crippen molar-refractivity contribution in [2.75, 3.05) is 0 Å². The topological polar surface area (TPSA) is 46.2 Å². The zero-order chi connectivity index (χ0) is 15.3. The molecule has 0 unspecified atom stereocenters. The normalized spacial score (nSPS) is 10.3. The first-order chi connectivity index (χ1) is 10.2. The Bertz CT molecular complexity index is 414. The van der Waals surface area contributed by atoms with Gasteiger partial charge in [0.2, 0.25) is 11.8 Å². The van der Waals surface area contributed by atoms with Gasteiger partial charge in [0.15, 0.2) is 0 Å². The predicted molar refractivity (Wildman–Crippen MR) is 85.9 cm³/mol. The molecule has 1 aromatic rings. The molecule has 0 aliphatic heterocycles. The van der Waals surface area contributed by atoms with Crippen LogP contribution in [0.2, 0.25) is 0 Å². The van der Waals surface area contributed by atoms with Gasteiger partial charge >= 0.3 is 0 Å². The van der Waals surface area contributed by atoms with Crippen LogP contribution in [-0.4, -0.2) is 11.8 Å². The Morgan fingerprint density at radius 2 is 1.48 bits per heavy atom. The number of nitrogens with one attached hydrogen (secondary N) is 1. The highest BCUT2D eigenvalue weighted by Gasteiger charge is 2.08. The molecule has 0 aromatic heterocycles. The first-order valence-electron chi connectivity index (χ1n) is 8.09. The summed E-state index contributed by atoms with van der Waals surface area (Å²) in [6, 6.07) is 9.47. The average Bonchev–Trinajstić information content (AvgIpc) is 2.47. The van der Waals surface area contributed by atoms with Crippen molar-refractivity contribution in [2.24, 2.45) is 0 Å². The van der Waals surface area contributed by atoms with Gasteiger partial charge in [-0.1, -0.05) is 75.8 Å². The highest BCUT2D eigenvalue weighted by Crippen LogP contribution is 2.08. The van der Waals surface area contributed by atoms with Crippen molar-refractivity contribution in [1.29, 1.82) is 0 Å². The second-order valence-electron chi connectivity index (χ2n) is 5.51. The molecule has 0 radical (unpaired) electrons. The van der Waals surface area contributed by atoms with Crippen molar-refractivity contribution in [1.82, 2.24) is 5.32 Å². The summed E-state index contributed by atoms with van der Waals surface area (Å²) in [6.07, 6.45) is 8.95. The molecule has 0 spiro atoms. The summed E-state index contributed by atoms with van der Waals surface area (Å²) in [6.45, 7) is 2.21. The number of imide groups is 1. The molecular formula is C18H27NO2. The van der Waals surface area contributed by atoms with Gasteiger partial charge in [0.25, 0.3) is 0 Å². The average molecular weight is 289 g/mol. The zero-order valence-corrected chi connectivity index (χ0v) is 13.1. The minimum Gasteiger partial charge on any atom is -0.296 e. The van der Waals surface area contributed by atoms with Gasteiger partial charge in [-0.15, -0.1) is 0 Å². The van der Waals surface area contributed by atoms with E-state index < -0.39 is 0 Å². The van der Waals surface area contributed by atoms with Gasteiger partial charge in [0.05, 0.1) is 6.42 Å². The molecule has 1 aromatic carbocycles. The van der Waals surface area contributed by atoms with Crippen LogP contribution >= 0.6 is 0 Å². The molecule has 2 amide bonds. The molecule has 0 saturated heterocycles. The van der Waals surface area contributed by atoms with Gasteiger partial charge in [0.1, 0.15) is 0 Å². The second-order valence-corrected chi connectivity index (χ2v) is 5.51. The summed E-state index contributed by atoms with van der Waals surface area (Å²) < 4.78 is 0. The number of carbonyl (C=O) groups excluding carboxylic acids is 2. The fraction of sp³-hybridized carbons (Fsp3) is 0.556. The van der Waals surface area contributed by atoms with E-state index in [9.17, 15) is 9.59 Å². The first kappa shape index (κ1) is 17.4. The molecule has 0 aliphatic rings. The summed E-state index contributed by atoms with van der Waals surface area (Å²) in [7, 11) is 0. The van der Waals surface area contributed by atoms with Crippen molar-refractivity contribution < 1.29 is 9.59 Å². The minimum atomic E-state index is -0.214. The maximum Gasteiger partial charge on any atom is 0.230 e. The van der Waals surface area contributed by atoms with E-state index >= 15 is 0 Å². The third-order valence-corrected chi connectivity index (χ3v) is 3.49. The van der Waals surface area contributed by atoms with Crippen LogP contribution in [0, 0.1) is 0 Å². The molecule has 1 N–H and O–H groups in total. The molecular weight excluding hydrogens is 262 g/mol. The van der Waals surface area contributed by atoms with Crippen molar-refractivity contribution in [3.8, 4) is 0 Å². The summed E-state index contributed by atoms with van der Waals surface area (Å²) in [5.74, 6) is -0.362. The van der Waals surface area contributed by atoms with Gasteiger partial charge < -0.3 is 0 Å². The predicted octanol–water partition coefficient (Wildman–Crippen LogP) is 4.01. The van der Waals surface area contributed by atoms with Gasteiger partial charge in [-0.05, 0) is 12.0 Å². The highest BCUT2D eigenvalue weighted by molar-refractivity contribution is 5.95. The lowest BCUT2D eigenvalue weighted by Crippen LogP contribution is -2.31. The smallest absolute Gasteiger partial charge is 0.230 e. The van der Waals surface area contributed by atoms with E-state index in [2.05, 4.69) is 12.2 Å². The van der Waals surface area contributed by atoms with E-state index in [0.717, 1.165) is 18.4 Å². The summed E-state index contributed by atoms with van der Waals surface area (Å²) >= 11 is 0. The van der Waals surface area contributed by atoms with E-state index in [1.54, 1.807) is 0 Å². The van der Waals surface area contributed by atoms with Crippen LogP contribution in [0.4, 0.5) is 0 Å². The third-order valence-electron chi connectivity index (χ3n) is 3.49. The van der Waals surface area contributed by atoms with Gasteiger partial charge in [0, 0.05) is 6.42 Å². The van der Waals surface area contributed by atoms with Crippen LogP contribution in [0.25, 0.3) is 0 Å². The third kappa shape index (κ3) is 9.01. The van der Waals surface area contributed by atoms with Gasteiger partial charge in [-0.3, -0.25) is 14.9 Å². The summed E-state index contributed by atoms with van der Waals surface area (Å²) in [5.41, 5.74) is 0.929. The van der Waals surface area contributed by atoms with Crippen molar-refractivity contribution in [3.63, 3.8) is 0 Å². The monoisotopic (exact) mass is 289 g/mol. The van der Waals surface area contributed by atoms with E-state index in [0.29, 0.717) is 6.42 Å². The lowest BCUT2D eigenvalue weighted by atomic mass is 10.1. The van der Waals surface area contributed by atoms with Crippen LogP contribution in [0.3, 0.4) is 0 Å². The molecule has 3 heteroatoms. The number of hydrogen-bond acceptors (Lipinski definition) is 2. The second kappa shape index (κ2) is 11.1. The van der Waals surface area contributed by atoms with E-state index in [1.165, 1.54) is 32.1 Å². The van der Waals surface area contributed by atoms with Crippen molar-refractivity contribution >= 4 is 11.8 Å². The molecule has 116 valence electrons. The van der Waals surface area contributed by atoms with Crippen LogP contribution in [0.5, 0.6) is 0 Å². The molecule has 0 heterocycles.